The molecule has 3 aliphatic rings. The molecule has 7 rings (SSSR count). The normalized spacial score (nSPS) is 17.5. The van der Waals surface area contributed by atoms with E-state index in [0.29, 0.717) is 81.1 Å². The van der Waals surface area contributed by atoms with Crippen LogP contribution in [0.15, 0.2) is 54.7 Å². The van der Waals surface area contributed by atoms with Crippen LogP contribution in [-0.2, 0) is 19.6 Å². The van der Waals surface area contributed by atoms with Crippen LogP contribution in [0.4, 0.5) is 47.7 Å². The first kappa shape index (κ1) is 50.1. The van der Waals surface area contributed by atoms with Crippen LogP contribution >= 0.6 is 0 Å². The van der Waals surface area contributed by atoms with Gasteiger partial charge >= 0.3 is 0 Å². The van der Waals surface area contributed by atoms with E-state index >= 15 is 8.78 Å². The minimum Gasteiger partial charge on any atom is -0.379 e. The van der Waals surface area contributed by atoms with Gasteiger partial charge in [0.1, 0.15) is 29.3 Å². The van der Waals surface area contributed by atoms with Crippen molar-refractivity contribution in [1.29, 1.82) is 0 Å². The smallest absolute Gasteiger partial charge is 0.264 e. The SMILES string of the molecule is Cc1cnc(Nc2cc(F)c(C3CCN(CCC(C)(C)OCCC(C)(C)Nc4cccc5c4C(=O)N(C4CCCNC4=O)C5=O)CC3)c(F)c2)nc1Nc1ccc(F)c(NS(=O)(=O)C(C)(C)C)c1. The molecular weight excluding hydrogens is 900 g/mol. The van der Waals surface area contributed by atoms with E-state index in [1.807, 2.05) is 27.7 Å². The number of anilines is 6. The van der Waals surface area contributed by atoms with Crippen molar-refractivity contribution in [2.75, 3.05) is 53.5 Å². The lowest BCUT2D eigenvalue weighted by Gasteiger charge is -2.35. The molecule has 0 spiro atoms. The number of rotatable bonds is 17. The van der Waals surface area contributed by atoms with Gasteiger partial charge in [0.05, 0.1) is 27.2 Å². The molecule has 19 heteroatoms. The van der Waals surface area contributed by atoms with Crippen molar-refractivity contribution >= 4 is 62.3 Å². The van der Waals surface area contributed by atoms with Crippen molar-refractivity contribution in [3.63, 3.8) is 0 Å². The molecule has 366 valence electrons. The number of aromatic nitrogens is 2. The fourth-order valence-electron chi connectivity index (χ4n) is 8.57. The van der Waals surface area contributed by atoms with E-state index in [1.54, 1.807) is 25.1 Å². The van der Waals surface area contributed by atoms with E-state index < -0.39 is 61.2 Å². The topological polar surface area (TPSA) is 187 Å². The molecule has 1 atom stereocenters. The van der Waals surface area contributed by atoms with Crippen molar-refractivity contribution in [1.82, 2.24) is 25.1 Å². The van der Waals surface area contributed by atoms with Crippen LogP contribution in [0.3, 0.4) is 0 Å². The average molecular weight is 962 g/mol. The number of carbonyl (C=O) groups is 3. The predicted molar refractivity (Wildman–Crippen MR) is 257 cm³/mol. The number of fused-ring (bicyclic) bond motifs is 1. The number of nitrogens with zero attached hydrogens (tertiary/aromatic N) is 4. The Labute approximate surface area is 396 Å². The van der Waals surface area contributed by atoms with Crippen molar-refractivity contribution in [2.24, 2.45) is 0 Å². The lowest BCUT2D eigenvalue weighted by Crippen LogP contribution is -2.52. The molecule has 0 bridgehead atoms. The molecule has 2 saturated heterocycles. The summed E-state index contributed by atoms with van der Waals surface area (Å²) in [5.74, 6) is -3.30. The summed E-state index contributed by atoms with van der Waals surface area (Å²) >= 11 is 0. The lowest BCUT2D eigenvalue weighted by atomic mass is 9.88. The summed E-state index contributed by atoms with van der Waals surface area (Å²) in [6.45, 7) is 17.3. The molecule has 3 amide bonds. The van der Waals surface area contributed by atoms with Crippen LogP contribution in [0, 0.1) is 24.4 Å². The lowest BCUT2D eigenvalue weighted by molar-refractivity contribution is -0.126. The monoisotopic (exact) mass is 961 g/mol. The Bertz CT molecular complexity index is 2660. The summed E-state index contributed by atoms with van der Waals surface area (Å²) in [4.78, 5) is 51.6. The molecule has 3 aliphatic heterocycles. The van der Waals surface area contributed by atoms with Gasteiger partial charge in [-0.1, -0.05) is 6.07 Å². The Morgan fingerprint density at radius 3 is 2.22 bits per heavy atom. The van der Waals surface area contributed by atoms with Gasteiger partial charge in [-0.2, -0.15) is 4.98 Å². The maximum absolute atomic E-state index is 15.7. The number of hydrogen-bond donors (Lipinski definition) is 5. The standard InChI is InChI=1S/C49H62F3N9O6S/c1-29-28-54-46(57-42(29)55-31-14-15-34(50)38(27-31)59-68(65,66)47(2,3)4)56-32-25-35(51)40(36(52)26-32)30-16-21-60(22-17-30)23-18-49(7,8)67-24-19-48(5,6)58-37-12-9-11-33-41(37)45(64)61(44(33)63)39-13-10-20-53-43(39)62/h9,11-12,14-15,25-28,30,39,58-59H,10,13,16-24H2,1-8H3,(H,53,62)(H2,54,55,56,57). The number of imide groups is 1. The summed E-state index contributed by atoms with van der Waals surface area (Å²) in [6.07, 6.45) is 5.09. The molecule has 1 unspecified atom stereocenters. The summed E-state index contributed by atoms with van der Waals surface area (Å²) in [7, 11) is -3.90. The Balaban J connectivity index is 0.883. The highest BCUT2D eigenvalue weighted by Gasteiger charge is 2.45. The zero-order valence-corrected chi connectivity index (χ0v) is 40.7. The second-order valence-electron chi connectivity index (χ2n) is 20.1. The van der Waals surface area contributed by atoms with Gasteiger partial charge in [0.2, 0.25) is 21.9 Å². The first-order valence-corrected chi connectivity index (χ1v) is 24.5. The summed E-state index contributed by atoms with van der Waals surface area (Å²) in [5.41, 5.74) is 0.985. The van der Waals surface area contributed by atoms with Gasteiger partial charge in [0, 0.05) is 59.6 Å². The molecule has 0 saturated carbocycles. The zero-order valence-electron chi connectivity index (χ0n) is 39.9. The van der Waals surface area contributed by atoms with Gasteiger partial charge in [-0.15, -0.1) is 0 Å². The van der Waals surface area contributed by atoms with E-state index in [0.717, 1.165) is 23.9 Å². The molecule has 5 N–H and O–H groups in total. The largest absolute Gasteiger partial charge is 0.379 e. The maximum atomic E-state index is 15.7. The molecule has 1 aromatic heterocycles. The van der Waals surface area contributed by atoms with Crippen LogP contribution < -0.4 is 26.0 Å². The van der Waals surface area contributed by atoms with Gasteiger partial charge in [0.25, 0.3) is 11.8 Å². The first-order chi connectivity index (χ1) is 31.9. The van der Waals surface area contributed by atoms with Gasteiger partial charge < -0.3 is 30.9 Å². The average Bonchev–Trinajstić information content (AvgIpc) is 3.51. The Hall–Kier alpha value is -5.79. The van der Waals surface area contributed by atoms with Crippen LogP contribution in [0.2, 0.25) is 0 Å². The van der Waals surface area contributed by atoms with Crippen LogP contribution in [-0.4, -0.2) is 101 Å². The number of sulfonamides is 1. The van der Waals surface area contributed by atoms with E-state index in [-0.39, 0.29) is 45.8 Å². The van der Waals surface area contributed by atoms with Crippen LogP contribution in [0.5, 0.6) is 0 Å². The van der Waals surface area contributed by atoms with Gasteiger partial charge in [-0.25, -0.2) is 26.6 Å². The minimum absolute atomic E-state index is 0.0434. The molecule has 3 aromatic carbocycles. The van der Waals surface area contributed by atoms with Crippen LogP contribution in [0.1, 0.15) is 125 Å². The fraction of sp³-hybridized carbons (Fsp3) is 0.490. The third-order valence-electron chi connectivity index (χ3n) is 12.8. The highest BCUT2D eigenvalue weighted by molar-refractivity contribution is 7.94. The predicted octanol–water partition coefficient (Wildman–Crippen LogP) is 8.75. The first-order valence-electron chi connectivity index (χ1n) is 23.0. The van der Waals surface area contributed by atoms with Crippen molar-refractivity contribution in [3.05, 3.63) is 94.4 Å². The van der Waals surface area contributed by atoms with E-state index in [9.17, 15) is 27.2 Å². The number of amides is 3. The minimum atomic E-state index is -3.90. The number of hydrogen-bond acceptors (Lipinski definition) is 12. The number of nitrogens with one attached hydrogen (secondary N) is 5. The molecule has 4 heterocycles. The Kier molecular flexibility index (Phi) is 14.5. The van der Waals surface area contributed by atoms with Gasteiger partial charge in [-0.3, -0.25) is 24.0 Å². The highest BCUT2D eigenvalue weighted by Crippen LogP contribution is 2.37. The summed E-state index contributed by atoms with van der Waals surface area (Å²) < 4.78 is 78.9. The number of aryl methyl sites for hydroxylation is 1. The molecule has 15 nitrogen and oxygen atoms in total. The number of piperidine rings is 2. The zero-order chi connectivity index (χ0) is 49.3. The van der Waals surface area contributed by atoms with E-state index in [4.69, 9.17) is 4.74 Å². The van der Waals surface area contributed by atoms with Gasteiger partial charge in [-0.05, 0) is 155 Å². The highest BCUT2D eigenvalue weighted by atomic mass is 32.2. The molecule has 68 heavy (non-hydrogen) atoms. The van der Waals surface area contributed by atoms with Crippen LogP contribution in [0.25, 0.3) is 0 Å². The second-order valence-corrected chi connectivity index (χ2v) is 22.6. The molecule has 4 aromatic rings. The quantitative estimate of drug-likeness (QED) is 0.0635. The van der Waals surface area contributed by atoms with Crippen molar-refractivity contribution < 1.29 is 40.7 Å². The third kappa shape index (κ3) is 11.4. The second kappa shape index (κ2) is 19.7. The number of likely N-dealkylation sites (tertiary alicyclic amines) is 1. The van der Waals surface area contributed by atoms with E-state index in [1.165, 1.54) is 51.2 Å². The number of carbonyl (C=O) groups excluding carboxylic acids is 3. The third-order valence-corrected chi connectivity index (χ3v) is 14.9. The van der Waals surface area contributed by atoms with Crippen molar-refractivity contribution in [3.8, 4) is 0 Å². The number of ether oxygens (including phenoxy) is 1. The number of benzene rings is 3. The summed E-state index contributed by atoms with van der Waals surface area (Å²) in [6, 6.07) is 10.6. The number of halogens is 3. The Morgan fingerprint density at radius 1 is 0.838 bits per heavy atom. The molecule has 0 radical (unpaired) electrons. The molecule has 2 fully saturated rings. The van der Waals surface area contributed by atoms with Gasteiger partial charge in [0.15, 0.2) is 0 Å². The molecular formula is C49H62F3N9O6S. The van der Waals surface area contributed by atoms with Crippen molar-refractivity contribution in [2.45, 2.75) is 122 Å². The molecule has 0 aliphatic carbocycles. The summed E-state index contributed by atoms with van der Waals surface area (Å²) in [5, 5.41) is 12.1. The van der Waals surface area contributed by atoms with E-state index in [2.05, 4.69) is 40.9 Å². The fourth-order valence-corrected chi connectivity index (χ4v) is 9.32. The maximum Gasteiger partial charge on any atom is 0.264 e. The Morgan fingerprint density at radius 2 is 1.54 bits per heavy atom.